The van der Waals surface area contributed by atoms with E-state index in [0.29, 0.717) is 19.7 Å². The Morgan fingerprint density at radius 1 is 1.62 bits per heavy atom. The second kappa shape index (κ2) is 3.16. The molecule has 2 rings (SSSR count). The van der Waals surface area contributed by atoms with Crippen molar-refractivity contribution < 1.29 is 14.6 Å². The lowest BCUT2D eigenvalue weighted by molar-refractivity contribution is -0.0885. The third-order valence-electron chi connectivity index (χ3n) is 2.72. The van der Waals surface area contributed by atoms with Crippen LogP contribution >= 0.6 is 0 Å². The zero-order valence-corrected chi connectivity index (χ0v) is 7.45. The predicted octanol–water partition coefficient (Wildman–Crippen LogP) is -0.271. The van der Waals surface area contributed by atoms with Gasteiger partial charge in [0.2, 0.25) is 0 Å². The van der Waals surface area contributed by atoms with Gasteiger partial charge in [-0.15, -0.1) is 0 Å². The third-order valence-corrected chi connectivity index (χ3v) is 2.72. The lowest BCUT2D eigenvalue weighted by atomic mass is 10.0. The van der Waals surface area contributed by atoms with Crippen LogP contribution in [0.4, 0.5) is 4.79 Å². The molecule has 0 aromatic heterocycles. The Bertz CT molecular complexity index is 213. The first-order valence-corrected chi connectivity index (χ1v) is 4.54. The summed E-state index contributed by atoms with van der Waals surface area (Å²) in [4.78, 5) is 12.2. The van der Waals surface area contributed by atoms with Crippen molar-refractivity contribution in [3.63, 3.8) is 0 Å². The van der Waals surface area contributed by atoms with Gasteiger partial charge in [0.15, 0.2) is 0 Å². The molecule has 0 aliphatic carbocycles. The van der Waals surface area contributed by atoms with E-state index in [-0.39, 0.29) is 5.60 Å². The van der Waals surface area contributed by atoms with Gasteiger partial charge in [0.1, 0.15) is 0 Å². The summed E-state index contributed by atoms with van der Waals surface area (Å²) in [6.07, 6.45) is 0.0751. The number of morpholine rings is 1. The summed E-state index contributed by atoms with van der Waals surface area (Å²) in [5.41, 5.74) is -0.239. The van der Waals surface area contributed by atoms with Gasteiger partial charge in [-0.05, 0) is 13.0 Å². The molecular weight excluding hydrogens is 172 g/mol. The van der Waals surface area contributed by atoms with Crippen LogP contribution in [-0.2, 0) is 4.74 Å². The van der Waals surface area contributed by atoms with Crippen molar-refractivity contribution in [1.82, 2.24) is 10.2 Å². The summed E-state index contributed by atoms with van der Waals surface area (Å²) in [6.45, 7) is 3.23. The summed E-state index contributed by atoms with van der Waals surface area (Å²) in [6, 6.07) is 0. The van der Waals surface area contributed by atoms with Gasteiger partial charge in [-0.2, -0.15) is 0 Å². The molecule has 5 nitrogen and oxygen atoms in total. The molecule has 1 unspecified atom stereocenters. The first-order valence-electron chi connectivity index (χ1n) is 4.54. The zero-order chi connectivity index (χ0) is 9.31. The lowest BCUT2D eigenvalue weighted by Gasteiger charge is -2.38. The summed E-state index contributed by atoms with van der Waals surface area (Å²) in [7, 11) is 0. The number of rotatable bonds is 0. The van der Waals surface area contributed by atoms with Crippen molar-refractivity contribution in [3.05, 3.63) is 0 Å². The molecule has 0 radical (unpaired) electrons. The molecule has 2 aliphatic rings. The van der Waals surface area contributed by atoms with Crippen LogP contribution < -0.4 is 5.32 Å². The highest BCUT2D eigenvalue weighted by Crippen LogP contribution is 2.24. The fraction of sp³-hybridized carbons (Fsp3) is 0.875. The van der Waals surface area contributed by atoms with E-state index in [9.17, 15) is 4.79 Å². The van der Waals surface area contributed by atoms with Crippen LogP contribution in [0.5, 0.6) is 0 Å². The van der Waals surface area contributed by atoms with Gasteiger partial charge in [0.05, 0.1) is 18.8 Å². The van der Waals surface area contributed by atoms with Crippen molar-refractivity contribution in [2.24, 2.45) is 0 Å². The first kappa shape index (κ1) is 8.77. The Morgan fingerprint density at radius 3 is 3.08 bits per heavy atom. The van der Waals surface area contributed by atoms with Crippen molar-refractivity contribution in [2.75, 3.05) is 32.8 Å². The Morgan fingerprint density at radius 2 is 2.46 bits per heavy atom. The Labute approximate surface area is 76.7 Å². The monoisotopic (exact) mass is 186 g/mol. The predicted molar refractivity (Wildman–Crippen MR) is 45.8 cm³/mol. The molecule has 2 heterocycles. The molecule has 0 saturated carbocycles. The van der Waals surface area contributed by atoms with Gasteiger partial charge in [-0.1, -0.05) is 0 Å². The minimum absolute atomic E-state index is 0.239. The lowest BCUT2D eigenvalue weighted by Crippen LogP contribution is -2.54. The molecule has 1 amide bonds. The molecule has 74 valence electrons. The molecule has 0 aromatic carbocycles. The van der Waals surface area contributed by atoms with Crippen LogP contribution in [-0.4, -0.2) is 54.5 Å². The first-order chi connectivity index (χ1) is 6.22. The van der Waals surface area contributed by atoms with Crippen LogP contribution in [0.2, 0.25) is 0 Å². The molecule has 0 aromatic rings. The maximum absolute atomic E-state index is 10.7. The quantitative estimate of drug-likeness (QED) is 0.546. The number of amides is 1. The number of carbonyl (C=O) groups is 1. The SMILES string of the molecule is O=C(O)N1CCOC2(CCNC2)C1. The summed E-state index contributed by atoms with van der Waals surface area (Å²) in [5.74, 6) is 0. The van der Waals surface area contributed by atoms with E-state index < -0.39 is 6.09 Å². The van der Waals surface area contributed by atoms with Crippen LogP contribution in [0.1, 0.15) is 6.42 Å². The molecule has 2 N–H and O–H groups in total. The molecule has 5 heteroatoms. The van der Waals surface area contributed by atoms with Crippen LogP contribution in [0, 0.1) is 0 Å². The molecule has 13 heavy (non-hydrogen) atoms. The van der Waals surface area contributed by atoms with E-state index >= 15 is 0 Å². The molecule has 1 atom stereocenters. The molecular formula is C8H14N2O3. The highest BCUT2D eigenvalue weighted by atomic mass is 16.5. The third kappa shape index (κ3) is 1.62. The Balaban J connectivity index is 2.02. The van der Waals surface area contributed by atoms with E-state index in [2.05, 4.69) is 5.32 Å². The van der Waals surface area contributed by atoms with Crippen molar-refractivity contribution in [2.45, 2.75) is 12.0 Å². The van der Waals surface area contributed by atoms with Gasteiger partial charge < -0.3 is 20.1 Å². The van der Waals surface area contributed by atoms with Gasteiger partial charge in [-0.25, -0.2) is 4.79 Å². The maximum Gasteiger partial charge on any atom is 0.407 e. The number of nitrogens with zero attached hydrogens (tertiary/aromatic N) is 1. The summed E-state index contributed by atoms with van der Waals surface area (Å²) < 4.78 is 5.64. The van der Waals surface area contributed by atoms with Crippen molar-refractivity contribution in [3.8, 4) is 0 Å². The highest BCUT2D eigenvalue weighted by Gasteiger charge is 2.40. The summed E-state index contributed by atoms with van der Waals surface area (Å²) in [5, 5.41) is 12.0. The zero-order valence-electron chi connectivity index (χ0n) is 7.45. The topological polar surface area (TPSA) is 61.8 Å². The minimum atomic E-state index is -0.838. The normalized spacial score (nSPS) is 34.0. The number of ether oxygens (including phenoxy) is 1. The second-order valence-corrected chi connectivity index (χ2v) is 3.66. The van der Waals surface area contributed by atoms with Gasteiger partial charge in [0.25, 0.3) is 0 Å². The average molecular weight is 186 g/mol. The smallest absolute Gasteiger partial charge is 0.407 e. The number of nitrogens with one attached hydrogen (secondary N) is 1. The maximum atomic E-state index is 10.7. The van der Waals surface area contributed by atoms with E-state index in [1.54, 1.807) is 0 Å². The van der Waals surface area contributed by atoms with Gasteiger partial charge >= 0.3 is 6.09 Å². The summed E-state index contributed by atoms with van der Waals surface area (Å²) >= 11 is 0. The van der Waals surface area contributed by atoms with Crippen LogP contribution in [0.3, 0.4) is 0 Å². The minimum Gasteiger partial charge on any atom is -0.465 e. The molecule has 2 fully saturated rings. The Kier molecular flexibility index (Phi) is 2.13. The van der Waals surface area contributed by atoms with Crippen LogP contribution in [0.15, 0.2) is 0 Å². The van der Waals surface area contributed by atoms with Gasteiger partial charge in [0, 0.05) is 13.1 Å². The van der Waals surface area contributed by atoms with E-state index in [1.807, 2.05) is 0 Å². The van der Waals surface area contributed by atoms with Crippen molar-refractivity contribution in [1.29, 1.82) is 0 Å². The number of hydrogen-bond donors (Lipinski definition) is 2. The van der Waals surface area contributed by atoms with Crippen molar-refractivity contribution >= 4 is 6.09 Å². The van der Waals surface area contributed by atoms with Crippen LogP contribution in [0.25, 0.3) is 0 Å². The fourth-order valence-electron chi connectivity index (χ4n) is 1.99. The van der Waals surface area contributed by atoms with E-state index in [1.165, 1.54) is 4.90 Å². The highest BCUT2D eigenvalue weighted by molar-refractivity contribution is 5.65. The molecule has 2 aliphatic heterocycles. The average Bonchev–Trinajstić information content (AvgIpc) is 2.53. The number of hydrogen-bond acceptors (Lipinski definition) is 3. The standard InChI is InChI=1S/C8H14N2O3/c11-7(12)10-3-4-13-8(6-10)1-2-9-5-8/h9H,1-6H2,(H,11,12). The second-order valence-electron chi connectivity index (χ2n) is 3.66. The van der Waals surface area contributed by atoms with E-state index in [0.717, 1.165) is 19.5 Å². The number of carboxylic acid groups (broad SMARTS) is 1. The molecule has 1 spiro atoms. The van der Waals surface area contributed by atoms with E-state index in [4.69, 9.17) is 9.84 Å². The fourth-order valence-corrected chi connectivity index (χ4v) is 1.99. The Hall–Kier alpha value is -0.810. The van der Waals surface area contributed by atoms with Gasteiger partial charge in [-0.3, -0.25) is 0 Å². The largest absolute Gasteiger partial charge is 0.465 e. The molecule has 0 bridgehead atoms. The molecule has 2 saturated heterocycles.